The van der Waals surface area contributed by atoms with Crippen LogP contribution < -0.4 is 5.32 Å². The van der Waals surface area contributed by atoms with Gasteiger partial charge in [-0.3, -0.25) is 0 Å². The van der Waals surface area contributed by atoms with Crippen LogP contribution in [-0.2, 0) is 0 Å². The Balaban J connectivity index is 1.65. The second-order valence-corrected chi connectivity index (χ2v) is 3.77. The standard InChI is InChI=1S/C10H21NO/c12-9-2-1-7-11-8-3-4-10-5-6-10/h10-12H,1-9H2. The number of unbranched alkanes of at least 4 members (excludes halogenated alkanes) is 1. The first-order valence-corrected chi connectivity index (χ1v) is 5.25. The average Bonchev–Trinajstić information content (AvgIpc) is 2.87. The van der Waals surface area contributed by atoms with Crippen LogP contribution in [0.25, 0.3) is 0 Å². The molecule has 1 fully saturated rings. The van der Waals surface area contributed by atoms with Gasteiger partial charge in [-0.25, -0.2) is 0 Å². The fourth-order valence-corrected chi connectivity index (χ4v) is 1.41. The molecule has 0 atom stereocenters. The minimum atomic E-state index is 0.337. The van der Waals surface area contributed by atoms with Crippen LogP contribution in [0.1, 0.15) is 38.5 Å². The van der Waals surface area contributed by atoms with Crippen molar-refractivity contribution in [2.45, 2.75) is 38.5 Å². The molecule has 1 aliphatic carbocycles. The zero-order valence-electron chi connectivity index (χ0n) is 7.89. The van der Waals surface area contributed by atoms with E-state index in [1.165, 1.54) is 32.2 Å². The molecule has 0 bridgehead atoms. The number of aliphatic hydroxyl groups is 1. The molecule has 2 heteroatoms. The summed E-state index contributed by atoms with van der Waals surface area (Å²) in [5, 5.41) is 11.9. The molecule has 0 heterocycles. The number of rotatable bonds is 8. The van der Waals surface area contributed by atoms with E-state index in [9.17, 15) is 0 Å². The monoisotopic (exact) mass is 171 g/mol. The molecule has 12 heavy (non-hydrogen) atoms. The molecule has 1 saturated carbocycles. The molecule has 0 aromatic heterocycles. The van der Waals surface area contributed by atoms with Crippen molar-refractivity contribution in [3.05, 3.63) is 0 Å². The number of nitrogens with one attached hydrogen (secondary N) is 1. The molecule has 0 aromatic rings. The lowest BCUT2D eigenvalue weighted by atomic mass is 10.2. The third-order valence-corrected chi connectivity index (χ3v) is 2.42. The van der Waals surface area contributed by atoms with E-state index in [1.807, 2.05) is 0 Å². The molecule has 0 saturated heterocycles. The van der Waals surface area contributed by atoms with Gasteiger partial charge in [0.05, 0.1) is 0 Å². The maximum Gasteiger partial charge on any atom is 0.0431 e. The van der Waals surface area contributed by atoms with Crippen LogP contribution in [-0.4, -0.2) is 24.8 Å². The van der Waals surface area contributed by atoms with Crippen molar-refractivity contribution in [2.24, 2.45) is 5.92 Å². The highest BCUT2D eigenvalue weighted by molar-refractivity contribution is 4.72. The van der Waals surface area contributed by atoms with E-state index in [0.29, 0.717) is 6.61 Å². The van der Waals surface area contributed by atoms with Gasteiger partial charge in [-0.05, 0) is 44.7 Å². The Kier molecular flexibility index (Phi) is 5.37. The summed E-state index contributed by atoms with van der Waals surface area (Å²) in [5.41, 5.74) is 0. The van der Waals surface area contributed by atoms with Crippen LogP contribution in [0, 0.1) is 5.92 Å². The van der Waals surface area contributed by atoms with Crippen molar-refractivity contribution >= 4 is 0 Å². The normalized spacial score (nSPS) is 16.8. The Bertz CT molecular complexity index is 102. The third kappa shape index (κ3) is 5.56. The summed E-state index contributed by atoms with van der Waals surface area (Å²) in [4.78, 5) is 0. The first-order chi connectivity index (χ1) is 5.93. The highest BCUT2D eigenvalue weighted by atomic mass is 16.2. The summed E-state index contributed by atoms with van der Waals surface area (Å²) in [6, 6.07) is 0. The predicted octanol–water partition coefficient (Wildman–Crippen LogP) is 1.54. The maximum absolute atomic E-state index is 8.52. The summed E-state index contributed by atoms with van der Waals surface area (Å²) < 4.78 is 0. The van der Waals surface area contributed by atoms with Crippen LogP contribution >= 0.6 is 0 Å². The van der Waals surface area contributed by atoms with E-state index < -0.39 is 0 Å². The second kappa shape index (κ2) is 6.44. The van der Waals surface area contributed by atoms with Crippen molar-refractivity contribution in [3.63, 3.8) is 0 Å². The van der Waals surface area contributed by atoms with Crippen LogP contribution in [0.2, 0.25) is 0 Å². The molecule has 2 N–H and O–H groups in total. The fourth-order valence-electron chi connectivity index (χ4n) is 1.41. The van der Waals surface area contributed by atoms with E-state index in [4.69, 9.17) is 5.11 Å². The van der Waals surface area contributed by atoms with Gasteiger partial charge in [0, 0.05) is 6.61 Å². The van der Waals surface area contributed by atoms with Crippen molar-refractivity contribution in [3.8, 4) is 0 Å². The summed E-state index contributed by atoms with van der Waals surface area (Å²) in [6.07, 6.45) is 7.77. The number of aliphatic hydroxyl groups excluding tert-OH is 1. The van der Waals surface area contributed by atoms with Crippen LogP contribution in [0.15, 0.2) is 0 Å². The highest BCUT2D eigenvalue weighted by Gasteiger charge is 2.19. The highest BCUT2D eigenvalue weighted by Crippen LogP contribution is 2.33. The van der Waals surface area contributed by atoms with Gasteiger partial charge < -0.3 is 10.4 Å². The zero-order valence-corrected chi connectivity index (χ0v) is 7.89. The molecule has 0 aromatic carbocycles. The number of hydrogen-bond donors (Lipinski definition) is 2. The zero-order chi connectivity index (χ0) is 8.65. The van der Waals surface area contributed by atoms with Gasteiger partial charge in [0.2, 0.25) is 0 Å². The minimum Gasteiger partial charge on any atom is -0.396 e. The summed E-state index contributed by atoms with van der Waals surface area (Å²) in [5.74, 6) is 1.07. The van der Waals surface area contributed by atoms with E-state index in [2.05, 4.69) is 5.32 Å². The van der Waals surface area contributed by atoms with Crippen LogP contribution in [0.4, 0.5) is 0 Å². The molecule has 0 amide bonds. The Morgan fingerprint density at radius 3 is 2.50 bits per heavy atom. The fraction of sp³-hybridized carbons (Fsp3) is 1.00. The van der Waals surface area contributed by atoms with Gasteiger partial charge in [-0.1, -0.05) is 12.8 Å². The second-order valence-electron chi connectivity index (χ2n) is 3.77. The summed E-state index contributed by atoms with van der Waals surface area (Å²) in [7, 11) is 0. The molecule has 0 spiro atoms. The van der Waals surface area contributed by atoms with Gasteiger partial charge in [-0.15, -0.1) is 0 Å². The Hall–Kier alpha value is -0.0800. The lowest BCUT2D eigenvalue weighted by Gasteiger charge is -2.02. The van der Waals surface area contributed by atoms with Crippen molar-refractivity contribution in [2.75, 3.05) is 19.7 Å². The molecule has 2 nitrogen and oxygen atoms in total. The molecular weight excluding hydrogens is 150 g/mol. The first-order valence-electron chi connectivity index (χ1n) is 5.25. The van der Waals surface area contributed by atoms with E-state index in [1.54, 1.807) is 0 Å². The lowest BCUT2D eigenvalue weighted by Crippen LogP contribution is -2.16. The topological polar surface area (TPSA) is 32.3 Å². The Morgan fingerprint density at radius 1 is 1.08 bits per heavy atom. The largest absolute Gasteiger partial charge is 0.396 e. The van der Waals surface area contributed by atoms with Gasteiger partial charge in [0.25, 0.3) is 0 Å². The van der Waals surface area contributed by atoms with Gasteiger partial charge in [0.15, 0.2) is 0 Å². The van der Waals surface area contributed by atoms with Crippen LogP contribution in [0.3, 0.4) is 0 Å². The van der Waals surface area contributed by atoms with E-state index in [0.717, 1.165) is 25.3 Å². The first kappa shape index (κ1) is 10.0. The minimum absolute atomic E-state index is 0.337. The maximum atomic E-state index is 8.52. The van der Waals surface area contributed by atoms with E-state index in [-0.39, 0.29) is 0 Å². The summed E-state index contributed by atoms with van der Waals surface area (Å²) in [6.45, 7) is 2.58. The van der Waals surface area contributed by atoms with Crippen molar-refractivity contribution in [1.82, 2.24) is 5.32 Å². The number of hydrogen-bond acceptors (Lipinski definition) is 2. The van der Waals surface area contributed by atoms with Gasteiger partial charge >= 0.3 is 0 Å². The quantitative estimate of drug-likeness (QED) is 0.543. The molecule has 72 valence electrons. The lowest BCUT2D eigenvalue weighted by molar-refractivity contribution is 0.283. The predicted molar refractivity (Wildman–Crippen MR) is 51.1 cm³/mol. The SMILES string of the molecule is OCCCCNCCCC1CC1. The van der Waals surface area contributed by atoms with E-state index >= 15 is 0 Å². The van der Waals surface area contributed by atoms with Crippen molar-refractivity contribution < 1.29 is 5.11 Å². The Morgan fingerprint density at radius 2 is 1.83 bits per heavy atom. The summed E-state index contributed by atoms with van der Waals surface area (Å²) >= 11 is 0. The molecule has 0 aliphatic heterocycles. The molecule has 0 radical (unpaired) electrons. The smallest absolute Gasteiger partial charge is 0.0431 e. The van der Waals surface area contributed by atoms with Crippen LogP contribution in [0.5, 0.6) is 0 Å². The van der Waals surface area contributed by atoms with Gasteiger partial charge in [0.1, 0.15) is 0 Å². The Labute approximate surface area is 75.4 Å². The third-order valence-electron chi connectivity index (χ3n) is 2.42. The molecular formula is C10H21NO. The van der Waals surface area contributed by atoms with Crippen molar-refractivity contribution in [1.29, 1.82) is 0 Å². The molecule has 0 unspecified atom stereocenters. The molecule has 1 aliphatic rings. The molecule has 1 rings (SSSR count). The van der Waals surface area contributed by atoms with Gasteiger partial charge in [-0.2, -0.15) is 0 Å². The average molecular weight is 171 g/mol.